The second-order valence-corrected chi connectivity index (χ2v) is 2.90. The lowest BCUT2D eigenvalue weighted by Crippen LogP contribution is -2.26. The first-order valence-electron chi connectivity index (χ1n) is 4.67. The molecule has 0 aliphatic rings. The van der Waals surface area contributed by atoms with Crippen molar-refractivity contribution >= 4 is 0 Å². The Labute approximate surface area is 78.6 Å². The summed E-state index contributed by atoms with van der Waals surface area (Å²) in [6.45, 7) is 5.93. The maximum Gasteiger partial charge on any atom is 0.0948 e. The maximum absolute atomic E-state index is 9.15. The lowest BCUT2D eigenvalue weighted by Gasteiger charge is -2.16. The number of nitrogens with one attached hydrogen (secondary N) is 1. The number of aliphatic hydroxyl groups excluding tert-OH is 1. The lowest BCUT2D eigenvalue weighted by molar-refractivity contribution is 0.241. The molecule has 0 amide bonds. The van der Waals surface area contributed by atoms with Gasteiger partial charge >= 0.3 is 0 Å². The molecule has 0 saturated heterocycles. The molecule has 0 bridgehead atoms. The molecule has 0 radical (unpaired) electrons. The van der Waals surface area contributed by atoms with Crippen molar-refractivity contribution in [3.63, 3.8) is 0 Å². The van der Waals surface area contributed by atoms with Gasteiger partial charge in [-0.25, -0.2) is 4.98 Å². The van der Waals surface area contributed by atoms with E-state index < -0.39 is 0 Å². The molecule has 1 heterocycles. The number of likely N-dealkylation sites (N-methyl/N-ethyl adjacent to an activating group) is 1. The smallest absolute Gasteiger partial charge is 0.0948 e. The number of nitrogens with zero attached hydrogens (tertiary/aromatic N) is 2. The van der Waals surface area contributed by atoms with E-state index in [2.05, 4.69) is 17.2 Å². The normalized spacial score (nSPS) is 13.2. The first-order valence-corrected chi connectivity index (χ1v) is 4.67. The molecule has 0 spiro atoms. The summed E-state index contributed by atoms with van der Waals surface area (Å²) < 4.78 is 2.03. The summed E-state index contributed by atoms with van der Waals surface area (Å²) in [5.74, 6) is 0. The van der Waals surface area contributed by atoms with E-state index in [1.54, 1.807) is 12.5 Å². The molecule has 13 heavy (non-hydrogen) atoms. The molecule has 0 saturated carbocycles. The van der Waals surface area contributed by atoms with Crippen LogP contribution in [-0.2, 0) is 6.54 Å². The summed E-state index contributed by atoms with van der Waals surface area (Å²) >= 11 is 0. The zero-order valence-electron chi connectivity index (χ0n) is 8.20. The highest BCUT2D eigenvalue weighted by molar-refractivity contribution is 5.05. The van der Waals surface area contributed by atoms with Crippen molar-refractivity contribution in [2.45, 2.75) is 26.4 Å². The van der Waals surface area contributed by atoms with Gasteiger partial charge in [0.1, 0.15) is 0 Å². The Kier molecular flexibility index (Phi) is 3.92. The fourth-order valence-electron chi connectivity index (χ4n) is 1.39. The topological polar surface area (TPSA) is 50.1 Å². The van der Waals surface area contributed by atoms with E-state index in [4.69, 9.17) is 5.11 Å². The van der Waals surface area contributed by atoms with Crippen molar-refractivity contribution in [3.8, 4) is 0 Å². The van der Waals surface area contributed by atoms with Crippen molar-refractivity contribution < 1.29 is 5.11 Å². The van der Waals surface area contributed by atoms with Gasteiger partial charge in [-0.05, 0) is 13.5 Å². The number of hydrogen-bond donors (Lipinski definition) is 2. The Hall–Kier alpha value is -0.870. The summed E-state index contributed by atoms with van der Waals surface area (Å²) in [7, 11) is 0. The highest BCUT2D eigenvalue weighted by Crippen LogP contribution is 2.11. The highest BCUT2D eigenvalue weighted by atomic mass is 16.3. The molecule has 0 fully saturated rings. The molecule has 1 unspecified atom stereocenters. The molecule has 1 atom stereocenters. The van der Waals surface area contributed by atoms with Gasteiger partial charge in [0.05, 0.1) is 24.7 Å². The van der Waals surface area contributed by atoms with Gasteiger partial charge in [-0.3, -0.25) is 0 Å². The average Bonchev–Trinajstić information content (AvgIpc) is 2.61. The van der Waals surface area contributed by atoms with Crippen LogP contribution in [0.15, 0.2) is 12.5 Å². The largest absolute Gasteiger partial charge is 0.394 e. The molecule has 1 aromatic rings. The van der Waals surface area contributed by atoms with Crippen LogP contribution >= 0.6 is 0 Å². The molecule has 1 aromatic heterocycles. The van der Waals surface area contributed by atoms with E-state index in [1.165, 1.54) is 0 Å². The van der Waals surface area contributed by atoms with Gasteiger partial charge in [-0.2, -0.15) is 0 Å². The lowest BCUT2D eigenvalue weighted by atomic mass is 10.2. The summed E-state index contributed by atoms with van der Waals surface area (Å²) in [5.41, 5.74) is 1.05. The molecular formula is C9H17N3O. The molecule has 0 aliphatic heterocycles. The van der Waals surface area contributed by atoms with Gasteiger partial charge in [-0.1, -0.05) is 6.92 Å². The maximum atomic E-state index is 9.15. The van der Waals surface area contributed by atoms with Crippen LogP contribution in [-0.4, -0.2) is 27.8 Å². The van der Waals surface area contributed by atoms with E-state index in [1.807, 2.05) is 11.5 Å². The van der Waals surface area contributed by atoms with Crippen LogP contribution in [0.2, 0.25) is 0 Å². The van der Waals surface area contributed by atoms with Crippen LogP contribution in [0.25, 0.3) is 0 Å². The minimum Gasteiger partial charge on any atom is -0.394 e. The summed E-state index contributed by atoms with van der Waals surface area (Å²) in [6.07, 6.45) is 3.59. The Morgan fingerprint density at radius 3 is 2.92 bits per heavy atom. The van der Waals surface area contributed by atoms with Gasteiger partial charge in [0.15, 0.2) is 0 Å². The molecule has 0 aliphatic carbocycles. The van der Waals surface area contributed by atoms with E-state index >= 15 is 0 Å². The fraction of sp³-hybridized carbons (Fsp3) is 0.667. The van der Waals surface area contributed by atoms with Crippen molar-refractivity contribution in [2.75, 3.05) is 13.2 Å². The Morgan fingerprint density at radius 2 is 2.38 bits per heavy atom. The van der Waals surface area contributed by atoms with Crippen molar-refractivity contribution in [1.29, 1.82) is 0 Å². The quantitative estimate of drug-likeness (QED) is 0.700. The molecule has 4 nitrogen and oxygen atoms in total. The first-order chi connectivity index (χ1) is 6.33. The first kappa shape index (κ1) is 10.2. The number of hydrogen-bond acceptors (Lipinski definition) is 3. The Bertz CT molecular complexity index is 247. The average molecular weight is 183 g/mol. The number of aromatic nitrogens is 2. The van der Waals surface area contributed by atoms with E-state index in [-0.39, 0.29) is 12.6 Å². The SMILES string of the molecule is CCNC(CO)c1cncn1CC. The van der Waals surface area contributed by atoms with Crippen molar-refractivity contribution in [1.82, 2.24) is 14.9 Å². The van der Waals surface area contributed by atoms with Crippen LogP contribution in [0, 0.1) is 0 Å². The second-order valence-electron chi connectivity index (χ2n) is 2.90. The van der Waals surface area contributed by atoms with Gasteiger partial charge < -0.3 is 15.0 Å². The summed E-state index contributed by atoms with van der Waals surface area (Å²) in [6, 6.07) is 0.00690. The molecule has 4 heteroatoms. The predicted molar refractivity (Wildman–Crippen MR) is 51.4 cm³/mol. The van der Waals surface area contributed by atoms with Crippen LogP contribution in [0.3, 0.4) is 0 Å². The zero-order chi connectivity index (χ0) is 9.68. The van der Waals surface area contributed by atoms with Gasteiger partial charge in [0.2, 0.25) is 0 Å². The van der Waals surface area contributed by atoms with E-state index in [0.29, 0.717) is 0 Å². The second kappa shape index (κ2) is 4.99. The third kappa shape index (κ3) is 2.29. The van der Waals surface area contributed by atoms with E-state index in [0.717, 1.165) is 18.8 Å². The minimum atomic E-state index is 0.00690. The molecule has 2 N–H and O–H groups in total. The minimum absolute atomic E-state index is 0.00690. The third-order valence-corrected chi connectivity index (χ3v) is 2.08. The Morgan fingerprint density at radius 1 is 1.62 bits per heavy atom. The molecule has 0 aromatic carbocycles. The van der Waals surface area contributed by atoms with Crippen molar-refractivity contribution in [3.05, 3.63) is 18.2 Å². The number of imidazole rings is 1. The Balaban J connectivity index is 2.77. The van der Waals surface area contributed by atoms with Crippen LogP contribution in [0.5, 0.6) is 0 Å². The highest BCUT2D eigenvalue weighted by Gasteiger charge is 2.12. The third-order valence-electron chi connectivity index (χ3n) is 2.08. The number of rotatable bonds is 5. The van der Waals surface area contributed by atoms with E-state index in [9.17, 15) is 0 Å². The summed E-state index contributed by atoms with van der Waals surface area (Å²) in [5, 5.41) is 12.3. The number of aryl methyl sites for hydroxylation is 1. The van der Waals surface area contributed by atoms with Gasteiger partial charge in [-0.15, -0.1) is 0 Å². The van der Waals surface area contributed by atoms with Gasteiger partial charge in [0, 0.05) is 12.7 Å². The van der Waals surface area contributed by atoms with Crippen LogP contribution < -0.4 is 5.32 Å². The van der Waals surface area contributed by atoms with Crippen LogP contribution in [0.4, 0.5) is 0 Å². The fourth-order valence-corrected chi connectivity index (χ4v) is 1.39. The molecule has 74 valence electrons. The predicted octanol–water partition coefficient (Wildman–Crippen LogP) is 0.546. The zero-order valence-corrected chi connectivity index (χ0v) is 8.20. The molecular weight excluding hydrogens is 166 g/mol. The summed E-state index contributed by atoms with van der Waals surface area (Å²) in [4.78, 5) is 4.06. The standard InChI is InChI=1S/C9H17N3O/c1-3-11-8(6-13)9-5-10-7-12(9)4-2/h5,7-8,11,13H,3-4,6H2,1-2H3. The monoisotopic (exact) mass is 183 g/mol. The van der Waals surface area contributed by atoms with Crippen molar-refractivity contribution in [2.24, 2.45) is 0 Å². The van der Waals surface area contributed by atoms with Gasteiger partial charge in [0.25, 0.3) is 0 Å². The molecule has 1 rings (SSSR count). The van der Waals surface area contributed by atoms with Crippen LogP contribution in [0.1, 0.15) is 25.6 Å². The number of aliphatic hydroxyl groups is 1.